The van der Waals surface area contributed by atoms with Crippen LogP contribution in [0.25, 0.3) is 0 Å². The van der Waals surface area contributed by atoms with Gasteiger partial charge >= 0.3 is 0 Å². The van der Waals surface area contributed by atoms with Crippen molar-refractivity contribution in [2.24, 2.45) is 5.92 Å². The van der Waals surface area contributed by atoms with Crippen molar-refractivity contribution in [3.8, 4) is 0 Å². The van der Waals surface area contributed by atoms with Crippen LogP contribution in [0.2, 0.25) is 0 Å². The van der Waals surface area contributed by atoms with Crippen LogP contribution in [0, 0.1) is 12.8 Å². The summed E-state index contributed by atoms with van der Waals surface area (Å²) in [6.07, 6.45) is 5.33. The summed E-state index contributed by atoms with van der Waals surface area (Å²) >= 11 is 0. The van der Waals surface area contributed by atoms with Crippen LogP contribution in [0.15, 0.2) is 12.4 Å². The highest BCUT2D eigenvalue weighted by molar-refractivity contribution is 5.99. The van der Waals surface area contributed by atoms with Crippen LogP contribution in [-0.2, 0) is 16.1 Å². The Kier molecular flexibility index (Phi) is 3.19. The fourth-order valence-corrected chi connectivity index (χ4v) is 2.85. The summed E-state index contributed by atoms with van der Waals surface area (Å²) in [5.74, 6) is 0.150. The third kappa shape index (κ3) is 2.39. The summed E-state index contributed by atoms with van der Waals surface area (Å²) in [6.45, 7) is 5.78. The van der Waals surface area contributed by atoms with Gasteiger partial charge < -0.3 is 10.2 Å². The van der Waals surface area contributed by atoms with Crippen LogP contribution < -0.4 is 5.32 Å². The van der Waals surface area contributed by atoms with E-state index in [0.29, 0.717) is 12.2 Å². The van der Waals surface area contributed by atoms with E-state index in [0.717, 1.165) is 18.5 Å². The third-order valence-electron chi connectivity index (χ3n) is 4.50. The molecule has 2 amide bonds. The fourth-order valence-electron chi connectivity index (χ4n) is 2.85. The predicted molar refractivity (Wildman–Crippen MR) is 76.1 cm³/mol. The minimum absolute atomic E-state index is 0.0144. The smallest absolute Gasteiger partial charge is 0.249 e. The number of aryl methyl sites for hydroxylation is 1. The molecule has 1 aromatic heterocycles. The Bertz CT molecular complexity index is 582. The van der Waals surface area contributed by atoms with Crippen LogP contribution in [0.1, 0.15) is 38.1 Å². The second kappa shape index (κ2) is 4.79. The first kappa shape index (κ1) is 14.0. The lowest BCUT2D eigenvalue weighted by Gasteiger charge is -2.43. The second-order valence-corrected chi connectivity index (χ2v) is 6.22. The number of nitrogens with one attached hydrogen (secondary N) is 1. The average molecular weight is 288 g/mol. The zero-order valence-electron chi connectivity index (χ0n) is 12.6. The zero-order chi connectivity index (χ0) is 15.2. The molecule has 1 saturated carbocycles. The van der Waals surface area contributed by atoms with Gasteiger partial charge in [-0.3, -0.25) is 19.6 Å². The molecular formula is C15H20N4O2. The molecule has 6 heteroatoms. The Morgan fingerprint density at radius 2 is 2.05 bits per heavy atom. The van der Waals surface area contributed by atoms with Crippen molar-refractivity contribution < 1.29 is 9.59 Å². The Hall–Kier alpha value is -1.98. The number of nitrogens with zero attached hydrogens (tertiary/aromatic N) is 3. The minimum atomic E-state index is -0.762. The quantitative estimate of drug-likeness (QED) is 0.892. The molecule has 2 unspecified atom stereocenters. The lowest BCUT2D eigenvalue weighted by atomic mass is 9.89. The molecule has 0 spiro atoms. The molecule has 2 aliphatic rings. The van der Waals surface area contributed by atoms with Crippen LogP contribution in [-0.4, -0.2) is 38.3 Å². The summed E-state index contributed by atoms with van der Waals surface area (Å²) in [5.41, 5.74) is 0.771. The fraction of sp³-hybridized carbons (Fsp3) is 0.600. The van der Waals surface area contributed by atoms with E-state index in [1.807, 2.05) is 13.8 Å². The molecule has 1 saturated heterocycles. The SMILES string of the molecule is Cc1cnc(CN2C(=O)C(C)(C3CC3)NC(=O)C2C)cn1. The van der Waals surface area contributed by atoms with Gasteiger partial charge in [-0.25, -0.2) is 0 Å². The molecule has 0 bridgehead atoms. The van der Waals surface area contributed by atoms with Gasteiger partial charge in [-0.1, -0.05) is 0 Å². The maximum atomic E-state index is 12.8. The van der Waals surface area contributed by atoms with E-state index in [9.17, 15) is 9.59 Å². The number of aromatic nitrogens is 2. The largest absolute Gasteiger partial charge is 0.340 e. The van der Waals surface area contributed by atoms with Crippen molar-refractivity contribution in [1.29, 1.82) is 0 Å². The van der Waals surface area contributed by atoms with Crippen molar-refractivity contribution in [2.45, 2.75) is 51.7 Å². The highest BCUT2D eigenvalue weighted by Gasteiger charge is 2.54. The van der Waals surface area contributed by atoms with E-state index >= 15 is 0 Å². The van der Waals surface area contributed by atoms with Crippen LogP contribution >= 0.6 is 0 Å². The van der Waals surface area contributed by atoms with Gasteiger partial charge in [0.15, 0.2) is 0 Å². The first-order valence-corrected chi connectivity index (χ1v) is 7.32. The lowest BCUT2D eigenvalue weighted by Crippen LogP contribution is -2.69. The monoisotopic (exact) mass is 288 g/mol. The standard InChI is InChI=1S/C15H20N4O2/c1-9-6-17-12(7-16-9)8-19-10(2)13(20)18-15(3,14(19)21)11-4-5-11/h6-7,10-11H,4-5,8H2,1-3H3,(H,18,20). The summed E-state index contributed by atoms with van der Waals surface area (Å²) in [7, 11) is 0. The van der Waals surface area contributed by atoms with Crippen molar-refractivity contribution in [2.75, 3.05) is 0 Å². The summed E-state index contributed by atoms with van der Waals surface area (Å²) in [5, 5.41) is 2.91. The molecule has 3 rings (SSSR count). The van der Waals surface area contributed by atoms with Gasteiger partial charge in [-0.2, -0.15) is 0 Å². The molecule has 21 heavy (non-hydrogen) atoms. The van der Waals surface area contributed by atoms with Crippen molar-refractivity contribution in [1.82, 2.24) is 20.2 Å². The lowest BCUT2D eigenvalue weighted by molar-refractivity contribution is -0.155. The molecule has 6 nitrogen and oxygen atoms in total. The predicted octanol–water partition coefficient (Wildman–Crippen LogP) is 0.801. The topological polar surface area (TPSA) is 75.2 Å². The van der Waals surface area contributed by atoms with E-state index < -0.39 is 11.6 Å². The molecule has 2 atom stereocenters. The van der Waals surface area contributed by atoms with Crippen molar-refractivity contribution in [3.05, 3.63) is 23.8 Å². The number of carbonyl (C=O) groups is 2. The highest BCUT2D eigenvalue weighted by Crippen LogP contribution is 2.42. The molecule has 1 aliphatic carbocycles. The molecule has 0 radical (unpaired) electrons. The highest BCUT2D eigenvalue weighted by atomic mass is 16.2. The molecule has 2 heterocycles. The van der Waals surface area contributed by atoms with Gasteiger partial charge in [-0.05, 0) is 39.5 Å². The molecular weight excluding hydrogens is 268 g/mol. The number of hydrogen-bond acceptors (Lipinski definition) is 4. The molecule has 1 N–H and O–H groups in total. The second-order valence-electron chi connectivity index (χ2n) is 6.22. The Morgan fingerprint density at radius 3 is 2.62 bits per heavy atom. The van der Waals surface area contributed by atoms with Crippen LogP contribution in [0.4, 0.5) is 0 Å². The van der Waals surface area contributed by atoms with Crippen molar-refractivity contribution >= 4 is 11.8 Å². The zero-order valence-corrected chi connectivity index (χ0v) is 12.6. The van der Waals surface area contributed by atoms with Gasteiger partial charge in [0.25, 0.3) is 0 Å². The molecule has 112 valence electrons. The first-order valence-electron chi connectivity index (χ1n) is 7.32. The number of piperazine rings is 1. The molecule has 1 aromatic rings. The Balaban J connectivity index is 1.85. The summed E-state index contributed by atoms with van der Waals surface area (Å²) in [4.78, 5) is 35.1. The minimum Gasteiger partial charge on any atom is -0.340 e. The molecule has 2 fully saturated rings. The number of rotatable bonds is 3. The van der Waals surface area contributed by atoms with Gasteiger partial charge in [0.05, 0.1) is 24.1 Å². The Labute approximate surface area is 124 Å². The average Bonchev–Trinajstić information content (AvgIpc) is 3.28. The number of carbonyl (C=O) groups excluding carboxylic acids is 2. The summed E-state index contributed by atoms with van der Waals surface area (Å²) in [6, 6.07) is -0.479. The molecule has 1 aliphatic heterocycles. The summed E-state index contributed by atoms with van der Waals surface area (Å²) < 4.78 is 0. The van der Waals surface area contributed by atoms with E-state index in [2.05, 4.69) is 15.3 Å². The van der Waals surface area contributed by atoms with E-state index in [1.54, 1.807) is 24.2 Å². The van der Waals surface area contributed by atoms with Crippen LogP contribution in [0.3, 0.4) is 0 Å². The van der Waals surface area contributed by atoms with Crippen LogP contribution in [0.5, 0.6) is 0 Å². The van der Waals surface area contributed by atoms with Gasteiger partial charge in [-0.15, -0.1) is 0 Å². The van der Waals surface area contributed by atoms with Crippen molar-refractivity contribution in [3.63, 3.8) is 0 Å². The number of amides is 2. The maximum Gasteiger partial charge on any atom is 0.249 e. The van der Waals surface area contributed by atoms with Gasteiger partial charge in [0, 0.05) is 6.20 Å². The van der Waals surface area contributed by atoms with E-state index in [1.165, 1.54) is 0 Å². The van der Waals surface area contributed by atoms with Gasteiger partial charge in [0.1, 0.15) is 11.6 Å². The third-order valence-corrected chi connectivity index (χ3v) is 4.50. The van der Waals surface area contributed by atoms with E-state index in [4.69, 9.17) is 0 Å². The number of hydrogen-bond donors (Lipinski definition) is 1. The Morgan fingerprint density at radius 1 is 1.33 bits per heavy atom. The first-order chi connectivity index (χ1) is 9.91. The molecule has 0 aromatic carbocycles. The van der Waals surface area contributed by atoms with E-state index in [-0.39, 0.29) is 17.7 Å². The normalized spacial score (nSPS) is 29.5. The maximum absolute atomic E-state index is 12.8. The van der Waals surface area contributed by atoms with Gasteiger partial charge in [0.2, 0.25) is 11.8 Å².